The van der Waals surface area contributed by atoms with Crippen molar-refractivity contribution in [2.24, 2.45) is 10.5 Å². The van der Waals surface area contributed by atoms with E-state index in [-0.39, 0.29) is 11.3 Å². The first-order chi connectivity index (χ1) is 8.38. The molecule has 0 bridgehead atoms. The van der Waals surface area contributed by atoms with Gasteiger partial charge in [0.1, 0.15) is 0 Å². The molecule has 0 saturated heterocycles. The van der Waals surface area contributed by atoms with Gasteiger partial charge in [0, 0.05) is 9.89 Å². The number of amides is 1. The van der Waals surface area contributed by atoms with E-state index in [1.54, 1.807) is 5.01 Å². The van der Waals surface area contributed by atoms with E-state index in [9.17, 15) is 4.79 Å². The minimum Gasteiger partial charge on any atom is -0.273 e. The molecule has 1 heterocycles. The zero-order valence-electron chi connectivity index (χ0n) is 10.9. The molecule has 0 fully saturated rings. The molecule has 0 aromatic heterocycles. The number of benzene rings is 1. The van der Waals surface area contributed by atoms with Crippen LogP contribution in [-0.4, -0.2) is 16.6 Å². The summed E-state index contributed by atoms with van der Waals surface area (Å²) in [4.78, 5) is 11.9. The van der Waals surface area contributed by atoms with Crippen molar-refractivity contribution in [1.29, 1.82) is 0 Å². The van der Waals surface area contributed by atoms with Crippen LogP contribution in [-0.2, 0) is 11.3 Å². The predicted octanol–water partition coefficient (Wildman–Crippen LogP) is 3.58. The Morgan fingerprint density at radius 3 is 2.56 bits per heavy atom. The molecule has 18 heavy (non-hydrogen) atoms. The first-order valence-corrected chi connectivity index (χ1v) is 6.79. The van der Waals surface area contributed by atoms with Crippen LogP contribution >= 0.6 is 15.9 Å². The Labute approximate surface area is 116 Å². The van der Waals surface area contributed by atoms with E-state index in [2.05, 4.69) is 41.8 Å². The Bertz CT molecular complexity index is 503. The summed E-state index contributed by atoms with van der Waals surface area (Å²) in [5.41, 5.74) is 1.99. The highest BCUT2D eigenvalue weighted by Gasteiger charge is 2.31. The van der Waals surface area contributed by atoms with Crippen LogP contribution in [0.1, 0.15) is 32.8 Å². The van der Waals surface area contributed by atoms with Gasteiger partial charge >= 0.3 is 0 Å². The average Bonchev–Trinajstić information content (AvgIpc) is 2.63. The topological polar surface area (TPSA) is 32.7 Å². The van der Waals surface area contributed by atoms with Crippen LogP contribution in [0, 0.1) is 5.41 Å². The number of rotatable bonds is 2. The number of hydrazone groups is 1. The summed E-state index contributed by atoms with van der Waals surface area (Å²) in [6.45, 7) is 6.78. The maximum absolute atomic E-state index is 11.9. The van der Waals surface area contributed by atoms with E-state index in [1.165, 1.54) is 0 Å². The SMILES string of the molecule is CC(C)(C)C1=NN(Cc2ccccc2Br)C(=O)C1. The molecule has 96 valence electrons. The Balaban J connectivity index is 2.18. The van der Waals surface area contributed by atoms with Crippen LogP contribution in [0.15, 0.2) is 33.8 Å². The first kappa shape index (κ1) is 13.3. The molecule has 2 rings (SSSR count). The van der Waals surface area contributed by atoms with Gasteiger partial charge in [0.05, 0.1) is 18.7 Å². The zero-order chi connectivity index (χ0) is 13.3. The van der Waals surface area contributed by atoms with Crippen LogP contribution < -0.4 is 0 Å². The molecule has 1 aromatic rings. The average molecular weight is 309 g/mol. The maximum Gasteiger partial charge on any atom is 0.248 e. The Morgan fingerprint density at radius 2 is 2.00 bits per heavy atom. The van der Waals surface area contributed by atoms with Gasteiger partial charge in [-0.05, 0) is 11.6 Å². The third-order valence-electron chi connectivity index (χ3n) is 2.99. The summed E-state index contributed by atoms with van der Waals surface area (Å²) >= 11 is 3.49. The van der Waals surface area contributed by atoms with Gasteiger partial charge in [-0.2, -0.15) is 5.10 Å². The van der Waals surface area contributed by atoms with E-state index < -0.39 is 0 Å². The summed E-state index contributed by atoms with van der Waals surface area (Å²) in [7, 11) is 0. The summed E-state index contributed by atoms with van der Waals surface area (Å²) in [6, 6.07) is 7.91. The summed E-state index contributed by atoms with van der Waals surface area (Å²) in [6.07, 6.45) is 0.438. The van der Waals surface area contributed by atoms with E-state index >= 15 is 0 Å². The number of hydrogen-bond donors (Lipinski definition) is 0. The minimum absolute atomic E-state index is 0.0433. The van der Waals surface area contributed by atoms with E-state index in [0.29, 0.717) is 13.0 Å². The lowest BCUT2D eigenvalue weighted by atomic mass is 9.88. The van der Waals surface area contributed by atoms with Gasteiger partial charge in [0.25, 0.3) is 0 Å². The van der Waals surface area contributed by atoms with Crippen LogP contribution in [0.3, 0.4) is 0 Å². The highest BCUT2D eigenvalue weighted by atomic mass is 79.9. The van der Waals surface area contributed by atoms with E-state index in [4.69, 9.17) is 0 Å². The molecule has 1 aliphatic rings. The van der Waals surface area contributed by atoms with E-state index in [0.717, 1.165) is 15.7 Å². The Kier molecular flexibility index (Phi) is 3.57. The lowest BCUT2D eigenvalue weighted by Crippen LogP contribution is -2.21. The molecule has 0 atom stereocenters. The van der Waals surface area contributed by atoms with Gasteiger partial charge in [0.15, 0.2) is 0 Å². The largest absolute Gasteiger partial charge is 0.273 e. The van der Waals surface area contributed by atoms with Crippen molar-refractivity contribution in [3.8, 4) is 0 Å². The number of nitrogens with zero attached hydrogens (tertiary/aromatic N) is 2. The molecular weight excluding hydrogens is 292 g/mol. The van der Waals surface area contributed by atoms with Gasteiger partial charge < -0.3 is 0 Å². The Morgan fingerprint density at radius 1 is 1.33 bits per heavy atom. The minimum atomic E-state index is -0.0433. The predicted molar refractivity (Wildman–Crippen MR) is 76.2 cm³/mol. The number of carbonyl (C=O) groups is 1. The molecule has 0 spiro atoms. The Hall–Kier alpha value is -1.16. The van der Waals surface area contributed by atoms with Crippen LogP contribution in [0.2, 0.25) is 0 Å². The molecule has 1 aliphatic heterocycles. The molecule has 3 nitrogen and oxygen atoms in total. The molecule has 0 aliphatic carbocycles. The van der Waals surface area contributed by atoms with Crippen molar-refractivity contribution in [2.75, 3.05) is 0 Å². The third-order valence-corrected chi connectivity index (χ3v) is 3.77. The normalized spacial score (nSPS) is 16.1. The third kappa shape index (κ3) is 2.80. The zero-order valence-corrected chi connectivity index (χ0v) is 12.5. The number of halogens is 1. The molecule has 1 amide bonds. The highest BCUT2D eigenvalue weighted by molar-refractivity contribution is 9.10. The van der Waals surface area contributed by atoms with Crippen LogP contribution in [0.5, 0.6) is 0 Å². The van der Waals surface area contributed by atoms with Crippen molar-refractivity contribution < 1.29 is 4.79 Å². The molecular formula is C14H17BrN2O. The fourth-order valence-electron chi connectivity index (χ4n) is 1.80. The van der Waals surface area contributed by atoms with Gasteiger partial charge in [-0.15, -0.1) is 0 Å². The van der Waals surface area contributed by atoms with E-state index in [1.807, 2.05) is 24.3 Å². The van der Waals surface area contributed by atoms with Crippen molar-refractivity contribution in [1.82, 2.24) is 5.01 Å². The quantitative estimate of drug-likeness (QED) is 0.822. The molecule has 0 saturated carbocycles. The van der Waals surface area contributed by atoms with Crippen molar-refractivity contribution >= 4 is 27.5 Å². The number of carbonyl (C=O) groups excluding carboxylic acids is 1. The molecule has 0 radical (unpaired) electrons. The monoisotopic (exact) mass is 308 g/mol. The lowest BCUT2D eigenvalue weighted by Gasteiger charge is -2.16. The highest BCUT2D eigenvalue weighted by Crippen LogP contribution is 2.26. The summed E-state index contributed by atoms with van der Waals surface area (Å²) in [5.74, 6) is 0.0793. The van der Waals surface area contributed by atoms with Crippen molar-refractivity contribution in [3.05, 3.63) is 34.3 Å². The van der Waals surface area contributed by atoms with Crippen molar-refractivity contribution in [3.63, 3.8) is 0 Å². The first-order valence-electron chi connectivity index (χ1n) is 5.99. The fourth-order valence-corrected chi connectivity index (χ4v) is 2.21. The van der Waals surface area contributed by atoms with Crippen LogP contribution in [0.4, 0.5) is 0 Å². The summed E-state index contributed by atoms with van der Waals surface area (Å²) < 4.78 is 1.01. The van der Waals surface area contributed by atoms with Crippen LogP contribution in [0.25, 0.3) is 0 Å². The van der Waals surface area contributed by atoms with Gasteiger partial charge in [-0.3, -0.25) is 4.79 Å². The van der Waals surface area contributed by atoms with Gasteiger partial charge in [-0.1, -0.05) is 54.9 Å². The smallest absolute Gasteiger partial charge is 0.248 e. The standard InChI is InChI=1S/C14H17BrN2O/c1-14(2,3)12-8-13(18)17(16-12)9-10-6-4-5-7-11(10)15/h4-7H,8-9H2,1-3H3. The molecule has 4 heteroatoms. The summed E-state index contributed by atoms with van der Waals surface area (Å²) in [5, 5.41) is 6.03. The fraction of sp³-hybridized carbons (Fsp3) is 0.429. The van der Waals surface area contributed by atoms with Gasteiger partial charge in [-0.25, -0.2) is 5.01 Å². The second-order valence-electron chi connectivity index (χ2n) is 5.52. The second-order valence-corrected chi connectivity index (χ2v) is 6.37. The van der Waals surface area contributed by atoms with Crippen molar-refractivity contribution in [2.45, 2.75) is 33.7 Å². The molecule has 0 N–H and O–H groups in total. The second kappa shape index (κ2) is 4.84. The van der Waals surface area contributed by atoms with Gasteiger partial charge in [0.2, 0.25) is 5.91 Å². The molecule has 1 aromatic carbocycles. The number of hydrogen-bond acceptors (Lipinski definition) is 2. The maximum atomic E-state index is 11.9. The molecule has 0 unspecified atom stereocenters. The lowest BCUT2D eigenvalue weighted by molar-refractivity contribution is -0.129.